The maximum absolute atomic E-state index is 13.3. The van der Waals surface area contributed by atoms with Crippen LogP contribution in [0.2, 0.25) is 5.02 Å². The first-order valence-corrected chi connectivity index (χ1v) is 6.70. The molecule has 0 fully saturated rings. The summed E-state index contributed by atoms with van der Waals surface area (Å²) in [7, 11) is 0. The second kappa shape index (κ2) is 5.79. The summed E-state index contributed by atoms with van der Waals surface area (Å²) in [6, 6.07) is 7.21. The lowest BCUT2D eigenvalue weighted by Gasteiger charge is -2.10. The molecule has 3 nitrogen and oxygen atoms in total. The Bertz CT molecular complexity index is 546. The predicted octanol–water partition coefficient (Wildman–Crippen LogP) is 4.51. The van der Waals surface area contributed by atoms with E-state index in [1.807, 2.05) is 34.7 Å². The van der Waals surface area contributed by atoms with Crippen LogP contribution >= 0.6 is 34.2 Å². The van der Waals surface area contributed by atoms with Gasteiger partial charge in [0.1, 0.15) is 18.3 Å². The molecule has 0 aliphatic rings. The Kier molecular flexibility index (Phi) is 4.34. The minimum atomic E-state index is -1.12. The zero-order valence-electron chi connectivity index (χ0n) is 9.49. The van der Waals surface area contributed by atoms with E-state index in [1.165, 1.54) is 13.3 Å². The number of alkyl halides is 1. The Hall–Kier alpha value is -0.950. The number of aromatic nitrogens is 2. The summed E-state index contributed by atoms with van der Waals surface area (Å²) in [6.07, 6.45) is 0.233. The molecule has 1 N–H and O–H groups in total. The second-order valence-corrected chi connectivity index (χ2v) is 5.18. The SMILES string of the molecule is CC(F)c1ncnc(Nc2ccc(Cl)cc2)c1I. The normalized spacial score (nSPS) is 12.2. The van der Waals surface area contributed by atoms with Crippen LogP contribution in [0.3, 0.4) is 0 Å². The minimum Gasteiger partial charge on any atom is -0.339 e. The molecule has 18 heavy (non-hydrogen) atoms. The van der Waals surface area contributed by atoms with Crippen molar-refractivity contribution < 1.29 is 4.39 Å². The lowest BCUT2D eigenvalue weighted by atomic mass is 10.3. The molecule has 1 aromatic carbocycles. The van der Waals surface area contributed by atoms with Crippen molar-refractivity contribution in [1.29, 1.82) is 0 Å². The van der Waals surface area contributed by atoms with Gasteiger partial charge >= 0.3 is 0 Å². The third-order valence-corrected chi connectivity index (χ3v) is 3.62. The molecule has 0 radical (unpaired) electrons. The van der Waals surface area contributed by atoms with E-state index < -0.39 is 6.17 Å². The highest BCUT2D eigenvalue weighted by atomic mass is 127. The first kappa shape index (κ1) is 13.5. The quantitative estimate of drug-likeness (QED) is 0.800. The maximum Gasteiger partial charge on any atom is 0.147 e. The van der Waals surface area contributed by atoms with Crippen LogP contribution in [-0.4, -0.2) is 9.97 Å². The van der Waals surface area contributed by atoms with Gasteiger partial charge in [0.15, 0.2) is 0 Å². The Balaban J connectivity index is 2.29. The molecule has 6 heteroatoms. The summed E-state index contributed by atoms with van der Waals surface area (Å²) in [5.74, 6) is 0.590. The average Bonchev–Trinajstić information content (AvgIpc) is 2.34. The molecule has 1 atom stereocenters. The standard InChI is InChI=1S/C12H10ClFIN3/c1-7(14)11-10(15)12(17-6-16-11)18-9-4-2-8(13)3-5-9/h2-7H,1H3,(H,16,17,18). The van der Waals surface area contributed by atoms with Crippen LogP contribution in [-0.2, 0) is 0 Å². The summed E-state index contributed by atoms with van der Waals surface area (Å²) in [5.41, 5.74) is 1.23. The van der Waals surface area contributed by atoms with Crippen molar-refractivity contribution in [2.45, 2.75) is 13.1 Å². The van der Waals surface area contributed by atoms with Crippen molar-refractivity contribution in [3.05, 3.63) is 44.9 Å². The van der Waals surface area contributed by atoms with Gasteiger partial charge in [-0.25, -0.2) is 14.4 Å². The van der Waals surface area contributed by atoms with Crippen LogP contribution in [0.15, 0.2) is 30.6 Å². The van der Waals surface area contributed by atoms with E-state index in [0.29, 0.717) is 20.1 Å². The van der Waals surface area contributed by atoms with Crippen molar-refractivity contribution in [2.75, 3.05) is 5.32 Å². The number of nitrogens with one attached hydrogen (secondary N) is 1. The molecule has 0 amide bonds. The summed E-state index contributed by atoms with van der Waals surface area (Å²) in [6.45, 7) is 1.45. The zero-order chi connectivity index (χ0) is 13.1. The van der Waals surface area contributed by atoms with Crippen LogP contribution in [0.4, 0.5) is 15.9 Å². The first-order chi connectivity index (χ1) is 8.58. The molecule has 0 saturated heterocycles. The summed E-state index contributed by atoms with van der Waals surface area (Å²) >= 11 is 7.84. The van der Waals surface area contributed by atoms with Gasteiger partial charge < -0.3 is 5.32 Å². The van der Waals surface area contributed by atoms with Gasteiger partial charge in [0.05, 0.1) is 9.26 Å². The number of hydrogen-bond acceptors (Lipinski definition) is 3. The van der Waals surface area contributed by atoms with E-state index in [4.69, 9.17) is 11.6 Å². The number of rotatable bonds is 3. The molecule has 2 rings (SSSR count). The summed E-state index contributed by atoms with van der Waals surface area (Å²) in [5, 5.41) is 3.77. The van der Waals surface area contributed by atoms with Gasteiger partial charge in [0.2, 0.25) is 0 Å². The van der Waals surface area contributed by atoms with Gasteiger partial charge in [-0.1, -0.05) is 11.6 Å². The highest BCUT2D eigenvalue weighted by molar-refractivity contribution is 14.1. The Morgan fingerprint density at radius 3 is 2.56 bits per heavy atom. The molecule has 0 bridgehead atoms. The molecular weight excluding hydrogens is 368 g/mol. The van der Waals surface area contributed by atoms with Gasteiger partial charge in [-0.2, -0.15) is 0 Å². The van der Waals surface area contributed by atoms with Crippen LogP contribution in [0.1, 0.15) is 18.8 Å². The fraction of sp³-hybridized carbons (Fsp3) is 0.167. The Labute approximate surface area is 123 Å². The molecule has 0 aliphatic heterocycles. The van der Waals surface area contributed by atoms with E-state index in [1.54, 1.807) is 12.1 Å². The topological polar surface area (TPSA) is 37.8 Å². The number of nitrogens with zero attached hydrogens (tertiary/aromatic N) is 2. The third-order valence-electron chi connectivity index (χ3n) is 2.30. The summed E-state index contributed by atoms with van der Waals surface area (Å²) in [4.78, 5) is 8.05. The number of benzene rings is 1. The molecule has 1 unspecified atom stereocenters. The van der Waals surface area contributed by atoms with E-state index in [0.717, 1.165) is 5.69 Å². The van der Waals surface area contributed by atoms with Crippen molar-refractivity contribution in [2.24, 2.45) is 0 Å². The van der Waals surface area contributed by atoms with E-state index in [-0.39, 0.29) is 0 Å². The molecule has 0 saturated carbocycles. The highest BCUT2D eigenvalue weighted by Gasteiger charge is 2.13. The van der Waals surface area contributed by atoms with Crippen LogP contribution in [0.5, 0.6) is 0 Å². The minimum absolute atomic E-state index is 0.391. The van der Waals surface area contributed by atoms with Crippen LogP contribution < -0.4 is 5.32 Å². The van der Waals surface area contributed by atoms with Crippen molar-refractivity contribution in [3.63, 3.8) is 0 Å². The number of halogens is 3. The summed E-state index contributed by atoms with van der Waals surface area (Å²) < 4.78 is 14.0. The largest absolute Gasteiger partial charge is 0.339 e. The fourth-order valence-corrected chi connectivity index (χ4v) is 2.39. The smallest absolute Gasteiger partial charge is 0.147 e. The number of anilines is 2. The average molecular weight is 378 g/mol. The molecule has 2 aromatic rings. The van der Waals surface area contributed by atoms with Gasteiger partial charge in [-0.05, 0) is 53.8 Å². The third kappa shape index (κ3) is 3.08. The maximum atomic E-state index is 13.3. The zero-order valence-corrected chi connectivity index (χ0v) is 12.4. The molecule has 94 valence electrons. The monoisotopic (exact) mass is 377 g/mol. The lowest BCUT2D eigenvalue weighted by molar-refractivity contribution is 0.364. The van der Waals surface area contributed by atoms with E-state index in [9.17, 15) is 4.39 Å². The second-order valence-electron chi connectivity index (χ2n) is 3.67. The predicted molar refractivity (Wildman–Crippen MR) is 79.0 cm³/mol. The fourth-order valence-electron chi connectivity index (χ4n) is 1.42. The molecule has 1 aromatic heterocycles. The lowest BCUT2D eigenvalue weighted by Crippen LogP contribution is -2.03. The highest BCUT2D eigenvalue weighted by Crippen LogP contribution is 2.27. The first-order valence-electron chi connectivity index (χ1n) is 5.25. The molecular formula is C12H10ClFIN3. The van der Waals surface area contributed by atoms with Crippen molar-refractivity contribution in [1.82, 2.24) is 9.97 Å². The van der Waals surface area contributed by atoms with Crippen molar-refractivity contribution in [3.8, 4) is 0 Å². The van der Waals surface area contributed by atoms with Gasteiger partial charge in [0, 0.05) is 10.7 Å². The van der Waals surface area contributed by atoms with Crippen LogP contribution in [0.25, 0.3) is 0 Å². The van der Waals surface area contributed by atoms with Crippen LogP contribution in [0, 0.1) is 3.57 Å². The number of hydrogen-bond donors (Lipinski definition) is 1. The van der Waals surface area contributed by atoms with Gasteiger partial charge in [0.25, 0.3) is 0 Å². The van der Waals surface area contributed by atoms with E-state index in [2.05, 4.69) is 15.3 Å². The molecule has 0 aliphatic carbocycles. The van der Waals surface area contributed by atoms with Crippen molar-refractivity contribution >= 4 is 45.7 Å². The Morgan fingerprint density at radius 1 is 1.28 bits per heavy atom. The van der Waals surface area contributed by atoms with Gasteiger partial charge in [-0.3, -0.25) is 0 Å². The van der Waals surface area contributed by atoms with E-state index >= 15 is 0 Å². The molecule has 1 heterocycles. The Morgan fingerprint density at radius 2 is 1.94 bits per heavy atom. The molecule has 0 spiro atoms. The van der Waals surface area contributed by atoms with Gasteiger partial charge in [-0.15, -0.1) is 0 Å².